The van der Waals surface area contributed by atoms with Crippen LogP contribution in [0.3, 0.4) is 0 Å². The number of carbonyl (C=O) groups is 2. The van der Waals surface area contributed by atoms with Gasteiger partial charge in [0.05, 0.1) is 6.04 Å². The van der Waals surface area contributed by atoms with Gasteiger partial charge in [0.1, 0.15) is 6.54 Å². The molecule has 1 unspecified atom stereocenters. The zero-order valence-electron chi connectivity index (χ0n) is 15.0. The molecule has 0 aromatic heterocycles. The number of nitrogens with zero attached hydrogens (tertiary/aromatic N) is 2. The summed E-state index contributed by atoms with van der Waals surface area (Å²) in [6.45, 7) is 10.5. The number of piperazine rings is 1. The second-order valence-corrected chi connectivity index (χ2v) is 7.97. The van der Waals surface area contributed by atoms with Crippen molar-refractivity contribution in [2.75, 3.05) is 26.2 Å². The number of carbonyl (C=O) groups excluding carboxylic acids is 2. The lowest BCUT2D eigenvalue weighted by atomic mass is 9.75. The van der Waals surface area contributed by atoms with Gasteiger partial charge < -0.3 is 15.1 Å². The molecule has 1 N–H and O–H groups in total. The Bertz CT molecular complexity index is 654. The van der Waals surface area contributed by atoms with Gasteiger partial charge in [0, 0.05) is 25.0 Å². The summed E-state index contributed by atoms with van der Waals surface area (Å²) in [4.78, 5) is 28.7. The molecule has 2 aliphatic rings. The highest BCUT2D eigenvalue weighted by atomic mass is 16.2. The number of rotatable bonds is 2. The molecule has 2 heterocycles. The van der Waals surface area contributed by atoms with Crippen molar-refractivity contribution in [1.29, 1.82) is 0 Å². The summed E-state index contributed by atoms with van der Waals surface area (Å²) >= 11 is 0. The van der Waals surface area contributed by atoms with E-state index < -0.39 is 0 Å². The molecule has 0 saturated carbocycles. The molecule has 0 spiro atoms. The van der Waals surface area contributed by atoms with E-state index in [1.165, 1.54) is 11.1 Å². The minimum Gasteiger partial charge on any atom is -0.338 e. The molecule has 1 fully saturated rings. The molecule has 3 amide bonds. The summed E-state index contributed by atoms with van der Waals surface area (Å²) in [6, 6.07) is 8.12. The third-order valence-electron chi connectivity index (χ3n) is 4.98. The normalized spacial score (nSPS) is 22.2. The molecule has 1 atom stereocenters. The van der Waals surface area contributed by atoms with Crippen molar-refractivity contribution < 1.29 is 9.59 Å². The van der Waals surface area contributed by atoms with E-state index in [-0.39, 0.29) is 29.9 Å². The number of amides is 3. The molecular formula is C19H27N3O2. The van der Waals surface area contributed by atoms with Crippen molar-refractivity contribution in [2.45, 2.75) is 39.2 Å². The Morgan fingerprint density at radius 3 is 2.75 bits per heavy atom. The Morgan fingerprint density at radius 1 is 1.33 bits per heavy atom. The van der Waals surface area contributed by atoms with Gasteiger partial charge in [0.15, 0.2) is 0 Å². The standard InChI is InChI=1S/C19H27N3O2/c1-13(2)9-20-18(24)21-10-16-14-7-5-6-8-15(14)19(3,4)12-22(16)17(23)11-21/h5-8,13,16H,9-12H2,1-4H3,(H,20,24). The molecule has 24 heavy (non-hydrogen) atoms. The van der Waals surface area contributed by atoms with E-state index in [4.69, 9.17) is 0 Å². The summed E-state index contributed by atoms with van der Waals surface area (Å²) < 4.78 is 0. The largest absolute Gasteiger partial charge is 0.338 e. The van der Waals surface area contributed by atoms with E-state index in [0.717, 1.165) is 0 Å². The van der Waals surface area contributed by atoms with Crippen molar-refractivity contribution >= 4 is 11.9 Å². The number of hydrogen-bond donors (Lipinski definition) is 1. The number of nitrogens with one attached hydrogen (secondary N) is 1. The van der Waals surface area contributed by atoms with Gasteiger partial charge in [-0.1, -0.05) is 52.0 Å². The van der Waals surface area contributed by atoms with E-state index in [9.17, 15) is 9.59 Å². The Balaban J connectivity index is 1.86. The fourth-order valence-electron chi connectivity index (χ4n) is 3.74. The Labute approximate surface area is 144 Å². The lowest BCUT2D eigenvalue weighted by Crippen LogP contribution is -2.60. The molecule has 1 aromatic rings. The molecule has 5 nitrogen and oxygen atoms in total. The predicted molar refractivity (Wildman–Crippen MR) is 93.7 cm³/mol. The van der Waals surface area contributed by atoms with Gasteiger partial charge >= 0.3 is 6.03 Å². The van der Waals surface area contributed by atoms with Gasteiger partial charge in [-0.15, -0.1) is 0 Å². The number of urea groups is 1. The van der Waals surface area contributed by atoms with Crippen LogP contribution in [-0.2, 0) is 10.2 Å². The summed E-state index contributed by atoms with van der Waals surface area (Å²) in [7, 11) is 0. The van der Waals surface area contributed by atoms with Gasteiger partial charge in [-0.2, -0.15) is 0 Å². The fraction of sp³-hybridized carbons (Fsp3) is 0.579. The minimum atomic E-state index is -0.140. The first-order valence-electron chi connectivity index (χ1n) is 8.71. The van der Waals surface area contributed by atoms with Crippen LogP contribution < -0.4 is 5.32 Å². The van der Waals surface area contributed by atoms with E-state index in [2.05, 4.69) is 45.1 Å². The zero-order chi connectivity index (χ0) is 17.5. The first-order chi connectivity index (χ1) is 11.3. The molecule has 2 aliphatic heterocycles. The van der Waals surface area contributed by atoms with E-state index in [0.29, 0.717) is 25.6 Å². The number of fused-ring (bicyclic) bond motifs is 3. The predicted octanol–water partition coefficient (Wildman–Crippen LogP) is 2.53. The quantitative estimate of drug-likeness (QED) is 0.906. The van der Waals surface area contributed by atoms with Crippen molar-refractivity contribution in [3.63, 3.8) is 0 Å². The topological polar surface area (TPSA) is 52.7 Å². The number of hydrogen-bond acceptors (Lipinski definition) is 2. The minimum absolute atomic E-state index is 0.0357. The van der Waals surface area contributed by atoms with Crippen LogP contribution in [0, 0.1) is 5.92 Å². The molecule has 1 saturated heterocycles. The third-order valence-corrected chi connectivity index (χ3v) is 4.98. The summed E-state index contributed by atoms with van der Waals surface area (Å²) in [5, 5.41) is 2.92. The molecule has 5 heteroatoms. The molecule has 130 valence electrons. The van der Waals surface area contributed by atoms with Gasteiger partial charge in [-0.25, -0.2) is 4.79 Å². The summed E-state index contributed by atoms with van der Waals surface area (Å²) in [5.74, 6) is 0.427. The average Bonchev–Trinajstić information content (AvgIpc) is 2.53. The first kappa shape index (κ1) is 16.8. The highest BCUT2D eigenvalue weighted by Crippen LogP contribution is 2.41. The highest BCUT2D eigenvalue weighted by Gasteiger charge is 2.44. The lowest BCUT2D eigenvalue weighted by molar-refractivity contribution is -0.140. The summed E-state index contributed by atoms with van der Waals surface area (Å²) in [5.41, 5.74) is 2.39. The van der Waals surface area contributed by atoms with E-state index in [1.54, 1.807) is 4.90 Å². The molecule has 0 radical (unpaired) electrons. The van der Waals surface area contributed by atoms with E-state index in [1.807, 2.05) is 17.0 Å². The molecule has 0 aliphatic carbocycles. The fourth-order valence-corrected chi connectivity index (χ4v) is 3.74. The maximum atomic E-state index is 12.7. The van der Waals surface area contributed by atoms with Gasteiger partial charge in [0.2, 0.25) is 5.91 Å². The Morgan fingerprint density at radius 2 is 2.04 bits per heavy atom. The monoisotopic (exact) mass is 329 g/mol. The molecular weight excluding hydrogens is 302 g/mol. The van der Waals surface area contributed by atoms with Crippen molar-refractivity contribution in [2.24, 2.45) is 5.92 Å². The van der Waals surface area contributed by atoms with Gasteiger partial charge in [-0.3, -0.25) is 4.79 Å². The smallest absolute Gasteiger partial charge is 0.317 e. The van der Waals surface area contributed by atoms with Crippen molar-refractivity contribution in [3.05, 3.63) is 35.4 Å². The molecule has 3 rings (SSSR count). The summed E-state index contributed by atoms with van der Waals surface area (Å²) in [6.07, 6.45) is 0. The molecule has 1 aromatic carbocycles. The van der Waals surface area contributed by atoms with Crippen LogP contribution in [0.25, 0.3) is 0 Å². The van der Waals surface area contributed by atoms with Crippen LogP contribution in [0.5, 0.6) is 0 Å². The highest BCUT2D eigenvalue weighted by molar-refractivity contribution is 5.86. The third kappa shape index (κ3) is 2.99. The molecule has 0 bridgehead atoms. The van der Waals surface area contributed by atoms with E-state index >= 15 is 0 Å². The van der Waals surface area contributed by atoms with Crippen LogP contribution in [0.2, 0.25) is 0 Å². The van der Waals surface area contributed by atoms with Crippen LogP contribution in [0.1, 0.15) is 44.9 Å². The maximum absolute atomic E-state index is 12.7. The van der Waals surface area contributed by atoms with Crippen molar-refractivity contribution in [1.82, 2.24) is 15.1 Å². The van der Waals surface area contributed by atoms with Crippen LogP contribution in [-0.4, -0.2) is 47.9 Å². The zero-order valence-corrected chi connectivity index (χ0v) is 15.0. The van der Waals surface area contributed by atoms with Crippen LogP contribution in [0.4, 0.5) is 4.79 Å². The second kappa shape index (κ2) is 6.11. The lowest BCUT2D eigenvalue weighted by Gasteiger charge is -2.49. The van der Waals surface area contributed by atoms with Crippen molar-refractivity contribution in [3.8, 4) is 0 Å². The van der Waals surface area contributed by atoms with Crippen LogP contribution >= 0.6 is 0 Å². The first-order valence-corrected chi connectivity index (χ1v) is 8.71. The Kier molecular flexibility index (Phi) is 4.28. The van der Waals surface area contributed by atoms with Crippen LogP contribution in [0.15, 0.2) is 24.3 Å². The van der Waals surface area contributed by atoms with Gasteiger partial charge in [0.25, 0.3) is 0 Å². The maximum Gasteiger partial charge on any atom is 0.317 e. The second-order valence-electron chi connectivity index (χ2n) is 7.97. The number of benzene rings is 1. The van der Waals surface area contributed by atoms with Gasteiger partial charge in [-0.05, 0) is 17.0 Å². The Hall–Kier alpha value is -2.04. The SMILES string of the molecule is CC(C)CNC(=O)N1CC(=O)N2CC(C)(C)c3ccccc3C2C1. The average molecular weight is 329 g/mol.